The van der Waals surface area contributed by atoms with E-state index in [0.29, 0.717) is 68.7 Å². The molecule has 4 aromatic carbocycles. The Morgan fingerprint density at radius 1 is 0.660 bits per heavy atom. The Kier molecular flexibility index (Phi) is 26.4. The lowest BCUT2D eigenvalue weighted by Crippen LogP contribution is -2.32. The van der Waals surface area contributed by atoms with Crippen LogP contribution in [-0.2, 0) is 34.5 Å². The highest BCUT2D eigenvalue weighted by Gasteiger charge is 2.35. The Morgan fingerprint density at radius 2 is 1.15 bits per heavy atom. The van der Waals surface area contributed by atoms with Gasteiger partial charge in [-0.1, -0.05) is 120 Å². The van der Waals surface area contributed by atoms with Gasteiger partial charge in [0.05, 0.1) is 51.4 Å². The summed E-state index contributed by atoms with van der Waals surface area (Å²) in [4.78, 5) is 0. The average Bonchev–Trinajstić information content (AvgIpc) is 3.18. The second-order valence-corrected chi connectivity index (χ2v) is 12.6. The van der Waals surface area contributed by atoms with Gasteiger partial charge in [0.2, 0.25) is 0 Å². The largest absolute Gasteiger partial charge is 0.493 e. The first kappa shape index (κ1) is 49.0. The van der Waals surface area contributed by atoms with Crippen molar-refractivity contribution in [3.63, 3.8) is 0 Å². The number of nitrogens with zero attached hydrogens (tertiary/aromatic N) is 2. The molecule has 8 nitrogen and oxygen atoms in total. The molecule has 1 fully saturated rings. The molecule has 283 valence electrons. The maximum Gasteiger partial charge on any atom is 0.161 e. The minimum atomic E-state index is -0.497. The smallest absolute Gasteiger partial charge is 0.161 e. The summed E-state index contributed by atoms with van der Waals surface area (Å²) in [6.07, 6.45) is 1.78. The number of hydrogen-bond acceptors (Lipinski definition) is 8. The van der Waals surface area contributed by atoms with Crippen molar-refractivity contribution in [1.29, 1.82) is 10.5 Å². The van der Waals surface area contributed by atoms with Gasteiger partial charge in [0.25, 0.3) is 0 Å². The van der Waals surface area contributed by atoms with Crippen molar-refractivity contribution in [2.24, 2.45) is 0 Å². The fourth-order valence-corrected chi connectivity index (χ4v) is 5.44. The summed E-state index contributed by atoms with van der Waals surface area (Å²) in [7, 11) is 3.22. The van der Waals surface area contributed by atoms with E-state index in [1.54, 1.807) is 14.2 Å². The van der Waals surface area contributed by atoms with E-state index in [0.717, 1.165) is 46.1 Å². The van der Waals surface area contributed by atoms with E-state index in [9.17, 15) is 5.26 Å². The van der Waals surface area contributed by atoms with Crippen molar-refractivity contribution in [3.8, 4) is 35.1 Å². The maximum absolute atomic E-state index is 9.70. The zero-order valence-electron chi connectivity index (χ0n) is 29.2. The summed E-state index contributed by atoms with van der Waals surface area (Å²) in [5, 5.41) is 20.2. The molecule has 3 radical (unpaired) electrons. The monoisotopic (exact) mass is 849 g/mol. The molecule has 0 amide bonds. The number of alkyl halides is 2. The molecule has 5 rings (SSSR count). The highest BCUT2D eigenvalue weighted by atomic mass is 79.9. The molecule has 0 unspecified atom stereocenters. The highest BCUT2D eigenvalue weighted by molar-refractivity contribution is 9.09. The second-order valence-electron chi connectivity index (χ2n) is 11.0. The molecule has 1 saturated heterocycles. The minimum Gasteiger partial charge on any atom is -0.493 e. The van der Waals surface area contributed by atoms with E-state index in [1.165, 1.54) is 0 Å². The van der Waals surface area contributed by atoms with E-state index in [-0.39, 0.29) is 23.3 Å². The normalized spacial score (nSPS) is 12.0. The third-order valence-corrected chi connectivity index (χ3v) is 8.35. The number of ether oxygens (including phenoxy) is 6. The molecule has 0 N–H and O–H groups in total. The van der Waals surface area contributed by atoms with Crippen LogP contribution in [0, 0.1) is 22.7 Å². The Balaban J connectivity index is 0.000000840. The molecule has 4 aromatic rings. The molecule has 1 aliphatic rings. The van der Waals surface area contributed by atoms with Gasteiger partial charge in [-0.25, -0.2) is 0 Å². The third-order valence-electron chi connectivity index (χ3n) is 7.71. The molecular formula is C42H52BBr2N2O6. The molecule has 0 aromatic heterocycles. The van der Waals surface area contributed by atoms with Gasteiger partial charge in [-0.2, -0.15) is 10.5 Å². The van der Waals surface area contributed by atoms with Crippen molar-refractivity contribution in [1.82, 2.24) is 0 Å². The Morgan fingerprint density at radius 3 is 1.60 bits per heavy atom. The van der Waals surface area contributed by atoms with Gasteiger partial charge >= 0.3 is 0 Å². The van der Waals surface area contributed by atoms with Crippen LogP contribution in [0.1, 0.15) is 49.9 Å². The molecule has 0 aliphatic carbocycles. The summed E-state index contributed by atoms with van der Waals surface area (Å²) in [6.45, 7) is 3.82. The van der Waals surface area contributed by atoms with E-state index in [4.69, 9.17) is 33.7 Å². The predicted molar refractivity (Wildman–Crippen MR) is 222 cm³/mol. The van der Waals surface area contributed by atoms with Gasteiger partial charge < -0.3 is 28.4 Å². The number of methoxy groups -OCH3 is 2. The van der Waals surface area contributed by atoms with Gasteiger partial charge in [-0.15, -0.1) is 0 Å². The molecule has 0 spiro atoms. The summed E-state index contributed by atoms with van der Waals surface area (Å²) in [6, 6.07) is 35.9. The van der Waals surface area contributed by atoms with Crippen LogP contribution in [-0.4, -0.2) is 59.7 Å². The Bertz CT molecular complexity index is 1620. The zero-order valence-corrected chi connectivity index (χ0v) is 32.4. The molecule has 53 heavy (non-hydrogen) atoms. The van der Waals surface area contributed by atoms with Gasteiger partial charge in [-0.05, 0) is 59.4 Å². The second kappa shape index (κ2) is 28.5. The van der Waals surface area contributed by atoms with E-state index >= 15 is 0 Å². The Labute approximate surface area is 336 Å². The topological polar surface area (TPSA) is 103 Å². The zero-order chi connectivity index (χ0) is 35.9. The van der Waals surface area contributed by atoms with Gasteiger partial charge in [0.1, 0.15) is 13.2 Å². The first-order chi connectivity index (χ1) is 24.5. The first-order valence-corrected chi connectivity index (χ1v) is 18.5. The number of benzene rings is 4. The van der Waals surface area contributed by atoms with Gasteiger partial charge in [0.15, 0.2) is 23.0 Å². The predicted octanol–water partition coefficient (Wildman–Crippen LogP) is 9.87. The van der Waals surface area contributed by atoms with Crippen LogP contribution in [0.15, 0.2) is 97.1 Å². The van der Waals surface area contributed by atoms with Crippen LogP contribution < -0.4 is 18.9 Å². The van der Waals surface area contributed by atoms with Crippen LogP contribution in [0.2, 0.25) is 0 Å². The summed E-state index contributed by atoms with van der Waals surface area (Å²) in [5.41, 5.74) is 3.60. The third kappa shape index (κ3) is 16.7. The molecular weight excluding hydrogens is 799 g/mol. The molecule has 1 aliphatic heterocycles. The SMILES string of the molecule is BrCCOCCBr.C.C.COc1cc(C2(C#N)CCOCC2)ccc1OCc1ccccc1.COc1cc(CC#N)ccc1OCc1ccccc1.[B]. The number of hydrogen-bond donors (Lipinski definition) is 0. The summed E-state index contributed by atoms with van der Waals surface area (Å²) < 4.78 is 32.9. The lowest BCUT2D eigenvalue weighted by atomic mass is 9.75. The van der Waals surface area contributed by atoms with Crippen molar-refractivity contribution in [2.45, 2.75) is 52.7 Å². The van der Waals surface area contributed by atoms with Crippen molar-refractivity contribution >= 4 is 40.3 Å². The standard InChI is InChI=1S/C20H21NO3.C16H15NO2.C4H8Br2O.2CH4.B/c1-22-19-13-17(20(15-21)9-11-23-12-10-20)7-8-18(19)24-14-16-5-3-2-4-6-16;1-18-16-11-13(9-10-17)7-8-15(16)19-12-14-5-3-2-4-6-14;5-1-3-7-4-2-6;;;/h2-8,13H,9-12,14H2,1H3;2-8,11H,9,12H2,1H3;1-4H2;2*1H4;. The molecule has 0 saturated carbocycles. The minimum absolute atomic E-state index is 0. The lowest BCUT2D eigenvalue weighted by molar-refractivity contribution is 0.0674. The lowest BCUT2D eigenvalue weighted by Gasteiger charge is -2.31. The van der Waals surface area contributed by atoms with E-state index in [2.05, 4.69) is 44.0 Å². The van der Waals surface area contributed by atoms with E-state index < -0.39 is 5.41 Å². The van der Waals surface area contributed by atoms with Crippen LogP contribution in [0.5, 0.6) is 23.0 Å². The molecule has 0 bridgehead atoms. The van der Waals surface area contributed by atoms with Crippen molar-refractivity contribution < 1.29 is 28.4 Å². The summed E-state index contributed by atoms with van der Waals surface area (Å²) >= 11 is 6.48. The maximum atomic E-state index is 9.70. The van der Waals surface area contributed by atoms with Gasteiger partial charge in [-0.3, -0.25) is 0 Å². The summed E-state index contributed by atoms with van der Waals surface area (Å²) in [5.74, 6) is 2.69. The highest BCUT2D eigenvalue weighted by Crippen LogP contribution is 2.39. The molecule has 11 heteroatoms. The first-order valence-electron chi connectivity index (χ1n) is 16.3. The van der Waals surface area contributed by atoms with Crippen LogP contribution in [0.25, 0.3) is 0 Å². The fourth-order valence-electron chi connectivity index (χ4n) is 4.98. The quantitative estimate of drug-likeness (QED) is 0.0702. The number of nitriles is 2. The fraction of sp³-hybridized carbons (Fsp3) is 0.381. The average molecular weight is 852 g/mol. The Hall–Kier alpha value is -4.00. The van der Waals surface area contributed by atoms with Crippen molar-refractivity contribution in [2.75, 3.05) is 51.3 Å². The van der Waals surface area contributed by atoms with Crippen molar-refractivity contribution in [3.05, 3.63) is 119 Å². The molecule has 0 atom stereocenters. The van der Waals surface area contributed by atoms with Gasteiger partial charge in [0, 0.05) is 32.3 Å². The van der Waals surface area contributed by atoms with Crippen LogP contribution >= 0.6 is 31.9 Å². The number of halogens is 2. The van der Waals surface area contributed by atoms with Crippen LogP contribution in [0.3, 0.4) is 0 Å². The van der Waals surface area contributed by atoms with Crippen LogP contribution in [0.4, 0.5) is 0 Å². The molecule has 1 heterocycles. The van der Waals surface area contributed by atoms with E-state index in [1.807, 2.05) is 97.1 Å². The number of rotatable bonds is 14.